The van der Waals surface area contributed by atoms with Crippen LogP contribution in [0, 0.1) is 11.3 Å². The molecule has 2 aromatic heterocycles. The van der Waals surface area contributed by atoms with E-state index in [2.05, 4.69) is 38.2 Å². The summed E-state index contributed by atoms with van der Waals surface area (Å²) in [6.07, 6.45) is 7.05. The summed E-state index contributed by atoms with van der Waals surface area (Å²) in [7, 11) is 0. The van der Waals surface area contributed by atoms with E-state index in [1.807, 2.05) is 30.8 Å². The van der Waals surface area contributed by atoms with Crippen molar-refractivity contribution in [1.29, 1.82) is 0 Å². The summed E-state index contributed by atoms with van der Waals surface area (Å²) in [6.45, 7) is 5.32. The largest absolute Gasteiger partial charge is 0.390 e. The maximum absolute atomic E-state index is 10.2. The number of fused-ring (bicyclic) bond motifs is 1. The predicted molar refractivity (Wildman–Crippen MR) is 111 cm³/mol. The van der Waals surface area contributed by atoms with Crippen molar-refractivity contribution < 1.29 is 5.11 Å². The van der Waals surface area contributed by atoms with Crippen LogP contribution in [0.25, 0.3) is 16.7 Å². The minimum absolute atomic E-state index is 0.170. The summed E-state index contributed by atoms with van der Waals surface area (Å²) in [5.41, 5.74) is 8.47. The van der Waals surface area contributed by atoms with Crippen molar-refractivity contribution in [3.8, 4) is 5.82 Å². The lowest BCUT2D eigenvalue weighted by atomic mass is 9.84. The van der Waals surface area contributed by atoms with Gasteiger partial charge in [0.25, 0.3) is 0 Å². The van der Waals surface area contributed by atoms with E-state index in [-0.39, 0.29) is 11.5 Å². The summed E-state index contributed by atoms with van der Waals surface area (Å²) in [5.74, 6) is 1.87. The fourth-order valence-electron chi connectivity index (χ4n) is 4.89. The number of hydrogen-bond donors (Lipinski definition) is 2. The molecular formula is C22H26N6O. The monoisotopic (exact) mass is 390 g/mol. The van der Waals surface area contributed by atoms with Crippen LogP contribution in [0.2, 0.25) is 0 Å². The smallest absolute Gasteiger partial charge is 0.159 e. The Balaban J connectivity index is 1.33. The highest BCUT2D eigenvalue weighted by Crippen LogP contribution is 2.76. The molecule has 7 heteroatoms. The highest BCUT2D eigenvalue weighted by molar-refractivity contribution is 5.81. The van der Waals surface area contributed by atoms with Gasteiger partial charge in [-0.3, -0.25) is 0 Å². The fourth-order valence-corrected chi connectivity index (χ4v) is 4.89. The third-order valence-electron chi connectivity index (χ3n) is 7.44. The molecular weight excluding hydrogens is 364 g/mol. The maximum atomic E-state index is 10.2. The molecule has 2 saturated carbocycles. The zero-order valence-corrected chi connectivity index (χ0v) is 16.8. The normalized spacial score (nSPS) is 25.4. The lowest BCUT2D eigenvalue weighted by molar-refractivity contribution is 0.00438. The number of nitrogens with two attached hydrogens (primary N) is 1. The molecule has 1 atom stereocenters. The average molecular weight is 390 g/mol. The first kappa shape index (κ1) is 17.4. The molecule has 2 aliphatic carbocycles. The first-order valence-corrected chi connectivity index (χ1v) is 10.4. The van der Waals surface area contributed by atoms with Crippen molar-refractivity contribution in [2.75, 3.05) is 18.0 Å². The van der Waals surface area contributed by atoms with Crippen LogP contribution in [-0.4, -0.2) is 43.5 Å². The highest BCUT2D eigenvalue weighted by atomic mass is 16.3. The summed E-state index contributed by atoms with van der Waals surface area (Å²) < 4.78 is 1.88. The Hall–Kier alpha value is -2.51. The number of rotatable bonds is 4. The van der Waals surface area contributed by atoms with Gasteiger partial charge in [-0.05, 0) is 50.2 Å². The molecule has 0 radical (unpaired) electrons. The van der Waals surface area contributed by atoms with Gasteiger partial charge in [0.2, 0.25) is 0 Å². The Morgan fingerprint density at radius 1 is 1.14 bits per heavy atom. The van der Waals surface area contributed by atoms with E-state index in [4.69, 9.17) is 5.73 Å². The molecule has 3 aliphatic rings. The minimum Gasteiger partial charge on any atom is -0.390 e. The van der Waals surface area contributed by atoms with Gasteiger partial charge in [-0.15, -0.1) is 0 Å². The maximum Gasteiger partial charge on any atom is 0.159 e. The van der Waals surface area contributed by atoms with Crippen molar-refractivity contribution in [2.24, 2.45) is 17.1 Å². The molecule has 3 heterocycles. The van der Waals surface area contributed by atoms with E-state index in [1.165, 1.54) is 18.4 Å². The van der Waals surface area contributed by atoms with Gasteiger partial charge in [0.1, 0.15) is 12.1 Å². The Bertz CT molecular complexity index is 1120. The van der Waals surface area contributed by atoms with Gasteiger partial charge >= 0.3 is 0 Å². The number of nitrogens with zero attached hydrogens (tertiary/aromatic N) is 5. The molecule has 0 unspecified atom stereocenters. The minimum atomic E-state index is -0.666. The quantitative estimate of drug-likeness (QED) is 0.710. The van der Waals surface area contributed by atoms with Gasteiger partial charge in [0, 0.05) is 36.0 Å². The second kappa shape index (κ2) is 5.34. The zero-order chi connectivity index (χ0) is 20.0. The van der Waals surface area contributed by atoms with Crippen molar-refractivity contribution in [3.05, 3.63) is 42.4 Å². The third-order valence-corrected chi connectivity index (χ3v) is 7.44. The van der Waals surface area contributed by atoms with Crippen LogP contribution in [0.3, 0.4) is 0 Å². The fraction of sp³-hybridized carbons (Fsp3) is 0.500. The molecule has 1 aliphatic heterocycles. The Kier molecular flexibility index (Phi) is 3.20. The number of aliphatic hydroxyl groups is 1. The van der Waals surface area contributed by atoms with Crippen LogP contribution >= 0.6 is 0 Å². The van der Waals surface area contributed by atoms with E-state index in [0.717, 1.165) is 42.0 Å². The van der Waals surface area contributed by atoms with E-state index >= 15 is 0 Å². The predicted octanol–water partition coefficient (Wildman–Crippen LogP) is 2.36. The molecule has 29 heavy (non-hydrogen) atoms. The van der Waals surface area contributed by atoms with Gasteiger partial charge in [-0.1, -0.05) is 12.1 Å². The van der Waals surface area contributed by atoms with Gasteiger partial charge < -0.3 is 15.7 Å². The number of hydrogen-bond acceptors (Lipinski definition) is 6. The van der Waals surface area contributed by atoms with E-state index < -0.39 is 5.60 Å². The molecule has 1 aromatic carbocycles. The summed E-state index contributed by atoms with van der Waals surface area (Å²) in [6, 6.07) is 8.43. The van der Waals surface area contributed by atoms with Crippen LogP contribution in [0.5, 0.6) is 0 Å². The Morgan fingerprint density at radius 2 is 1.90 bits per heavy atom. The molecule has 7 nitrogen and oxygen atoms in total. The molecule has 3 aromatic rings. The second-order valence-electron chi connectivity index (χ2n) is 9.75. The summed E-state index contributed by atoms with van der Waals surface area (Å²) in [5, 5.41) is 15.8. The molecule has 0 bridgehead atoms. The van der Waals surface area contributed by atoms with Crippen LogP contribution in [0.15, 0.2) is 36.8 Å². The van der Waals surface area contributed by atoms with Crippen LogP contribution in [0.4, 0.5) is 5.82 Å². The topological polar surface area (TPSA) is 93.1 Å². The van der Waals surface area contributed by atoms with Crippen LogP contribution < -0.4 is 10.6 Å². The SMILES string of the molecule is CC(C)(O)C1CN(c2cc(-n3ncc4ccc([C@]5(N)CC56CC6)cc43)ncn2)C1. The standard InChI is InChI=1S/C22H26N6O/c1-20(2,29)16-10-27(11-16)18-8-19(25-13-24-18)28-17-7-15(4-3-14(17)9-26-28)22(23)12-21(22)5-6-21/h3-4,7-9,13,16,29H,5-6,10-12,23H2,1-2H3/t22-/m1/s1. The highest BCUT2D eigenvalue weighted by Gasteiger charge is 2.72. The van der Waals surface area contributed by atoms with Crippen molar-refractivity contribution in [3.63, 3.8) is 0 Å². The van der Waals surface area contributed by atoms with Crippen LogP contribution in [0.1, 0.15) is 38.7 Å². The van der Waals surface area contributed by atoms with Gasteiger partial charge in [0.15, 0.2) is 5.82 Å². The molecule has 0 amide bonds. The molecule has 1 saturated heterocycles. The number of benzene rings is 1. The van der Waals surface area contributed by atoms with Gasteiger partial charge in [0.05, 0.1) is 17.3 Å². The third kappa shape index (κ3) is 2.47. The number of aromatic nitrogens is 4. The second-order valence-corrected chi connectivity index (χ2v) is 9.75. The molecule has 6 rings (SSSR count). The molecule has 3 fully saturated rings. The first-order chi connectivity index (χ1) is 13.8. The van der Waals surface area contributed by atoms with Crippen LogP contribution in [-0.2, 0) is 5.54 Å². The van der Waals surface area contributed by atoms with E-state index in [0.29, 0.717) is 5.41 Å². The average Bonchev–Trinajstić information content (AvgIpc) is 3.47. The van der Waals surface area contributed by atoms with E-state index in [1.54, 1.807) is 6.33 Å². The molecule has 1 spiro atoms. The van der Waals surface area contributed by atoms with Gasteiger partial charge in [-0.25, -0.2) is 14.6 Å². The molecule has 3 N–H and O–H groups in total. The van der Waals surface area contributed by atoms with E-state index in [9.17, 15) is 5.11 Å². The molecule has 150 valence electrons. The Morgan fingerprint density at radius 3 is 2.59 bits per heavy atom. The zero-order valence-electron chi connectivity index (χ0n) is 16.8. The Labute approximate surface area is 169 Å². The lowest BCUT2D eigenvalue weighted by Gasteiger charge is -2.45. The summed E-state index contributed by atoms with van der Waals surface area (Å²) >= 11 is 0. The van der Waals surface area contributed by atoms with Gasteiger partial charge in [-0.2, -0.15) is 5.10 Å². The number of anilines is 1. The lowest BCUT2D eigenvalue weighted by Crippen LogP contribution is -2.56. The summed E-state index contributed by atoms with van der Waals surface area (Å²) in [4.78, 5) is 11.1. The van der Waals surface area contributed by atoms with Crippen molar-refractivity contribution in [2.45, 2.75) is 44.2 Å². The van der Waals surface area contributed by atoms with Crippen molar-refractivity contribution in [1.82, 2.24) is 19.7 Å². The van der Waals surface area contributed by atoms with Crippen molar-refractivity contribution >= 4 is 16.7 Å². The first-order valence-electron chi connectivity index (χ1n) is 10.4.